The van der Waals surface area contributed by atoms with Crippen LogP contribution >= 0.6 is 0 Å². The predicted molar refractivity (Wildman–Crippen MR) is 182 cm³/mol. The van der Waals surface area contributed by atoms with E-state index in [1.165, 1.54) is 51.4 Å². The molecule has 4 aliphatic carbocycles. The molecular weight excluding hydrogens is 576 g/mol. The Morgan fingerprint density at radius 1 is 1.02 bits per heavy atom. The first-order valence-electron chi connectivity index (χ1n) is 19.0. The van der Waals surface area contributed by atoms with Crippen LogP contribution in [0.4, 0.5) is 4.79 Å². The maximum Gasteiger partial charge on any atom is 0.407 e. The van der Waals surface area contributed by atoms with Gasteiger partial charge in [-0.2, -0.15) is 0 Å². The van der Waals surface area contributed by atoms with Crippen molar-refractivity contribution in [3.05, 3.63) is 11.6 Å². The summed E-state index contributed by atoms with van der Waals surface area (Å²) in [4.78, 5) is 38.4. The van der Waals surface area contributed by atoms with Gasteiger partial charge in [0.1, 0.15) is 6.10 Å². The second kappa shape index (κ2) is 15.1. The average molecular weight is 641 g/mol. The number of hydrogen-bond donors (Lipinski definition) is 2. The van der Waals surface area contributed by atoms with Gasteiger partial charge in [0.2, 0.25) is 5.91 Å². The number of ketones is 1. The monoisotopic (exact) mass is 640 g/mol. The molecule has 5 rings (SSSR count). The van der Waals surface area contributed by atoms with Crippen molar-refractivity contribution in [3.63, 3.8) is 0 Å². The van der Waals surface area contributed by atoms with Crippen LogP contribution < -0.4 is 5.32 Å². The number of aliphatic hydroxyl groups excluding tert-OH is 1. The van der Waals surface area contributed by atoms with E-state index < -0.39 is 5.92 Å². The van der Waals surface area contributed by atoms with Crippen LogP contribution in [0.1, 0.15) is 131 Å². The molecule has 260 valence electrons. The number of aliphatic hydroxyl groups is 1. The molecule has 1 aliphatic heterocycles. The Hall–Kier alpha value is -1.89. The van der Waals surface area contributed by atoms with Crippen molar-refractivity contribution >= 4 is 17.8 Å². The Labute approximate surface area is 279 Å². The van der Waals surface area contributed by atoms with Crippen LogP contribution in [0.15, 0.2) is 11.6 Å². The highest BCUT2D eigenvalue weighted by molar-refractivity contribution is 5.91. The smallest absolute Gasteiger partial charge is 0.407 e. The van der Waals surface area contributed by atoms with Crippen LogP contribution in [0, 0.1) is 52.3 Å². The number of unbranched alkanes of at least 4 members (excludes halogenated alkanes) is 2. The highest BCUT2D eigenvalue weighted by Gasteiger charge is 2.59. The summed E-state index contributed by atoms with van der Waals surface area (Å²) in [6.07, 6.45) is 18.8. The molecule has 9 atom stereocenters. The van der Waals surface area contributed by atoms with Crippen molar-refractivity contribution in [2.45, 2.75) is 137 Å². The van der Waals surface area contributed by atoms with Gasteiger partial charge in [-0.05, 0) is 104 Å². The SMILES string of the molecule is CC(C)CCCC(C)[C@H]1CCC2C3CC=C4C[C@@H](OC(=O)NCCCCCC(=O)N5CC(=O)C(CO)C5)CC[C@]4(C)C3CC[C@@]21C. The van der Waals surface area contributed by atoms with Crippen LogP contribution in [-0.4, -0.2) is 60.1 Å². The molecule has 0 bridgehead atoms. The predicted octanol–water partition coefficient (Wildman–Crippen LogP) is 7.70. The molecule has 1 saturated heterocycles. The lowest BCUT2D eigenvalue weighted by atomic mass is 9.47. The van der Waals surface area contributed by atoms with Crippen LogP contribution in [-0.2, 0) is 14.3 Å². The quantitative estimate of drug-likeness (QED) is 0.159. The Morgan fingerprint density at radius 3 is 2.57 bits per heavy atom. The van der Waals surface area contributed by atoms with Crippen LogP contribution in [0.2, 0.25) is 0 Å². The van der Waals surface area contributed by atoms with E-state index in [1.807, 2.05) is 0 Å². The molecule has 4 fully saturated rings. The van der Waals surface area contributed by atoms with Crippen molar-refractivity contribution in [1.29, 1.82) is 0 Å². The van der Waals surface area contributed by atoms with Crippen molar-refractivity contribution in [1.82, 2.24) is 10.2 Å². The lowest BCUT2D eigenvalue weighted by Crippen LogP contribution is -2.51. The second-order valence-corrected chi connectivity index (χ2v) is 16.9. The van der Waals surface area contributed by atoms with Gasteiger partial charge in [0.15, 0.2) is 5.78 Å². The minimum absolute atomic E-state index is 0.0268. The highest BCUT2D eigenvalue weighted by atomic mass is 16.6. The number of ether oxygens (including phenoxy) is 1. The maximum absolute atomic E-state index is 12.7. The standard InChI is InChI=1S/C39H64N2O5/c1-26(2)10-9-11-27(3)32-15-16-33-31-14-13-29-22-30(17-19-38(29,4)34(31)18-20-39(32,33)5)46-37(45)40-21-8-6-7-12-36(44)41-23-28(25-42)35(43)24-41/h13,26-28,30-34,42H,6-12,14-25H2,1-5H3,(H,40,45)/t27?,28?,30-,31?,32+,33?,34?,38-,39+/m0/s1. The molecule has 5 unspecified atom stereocenters. The average Bonchev–Trinajstić information content (AvgIpc) is 3.58. The van der Waals surface area contributed by atoms with Gasteiger partial charge >= 0.3 is 6.09 Å². The summed E-state index contributed by atoms with van der Waals surface area (Å²) in [5, 5.41) is 12.2. The van der Waals surface area contributed by atoms with Crippen molar-refractivity contribution in [3.8, 4) is 0 Å². The largest absolute Gasteiger partial charge is 0.446 e. The zero-order chi connectivity index (χ0) is 33.1. The molecule has 3 saturated carbocycles. The number of nitrogens with zero attached hydrogens (tertiary/aromatic N) is 1. The summed E-state index contributed by atoms with van der Waals surface area (Å²) in [5.41, 5.74) is 2.31. The Balaban J connectivity index is 1.04. The lowest BCUT2D eigenvalue weighted by Gasteiger charge is -2.58. The molecule has 2 N–H and O–H groups in total. The van der Waals surface area contributed by atoms with E-state index in [9.17, 15) is 19.5 Å². The Kier molecular flexibility index (Phi) is 11.6. The first kappa shape index (κ1) is 35.4. The summed E-state index contributed by atoms with van der Waals surface area (Å²) < 4.78 is 5.93. The summed E-state index contributed by atoms with van der Waals surface area (Å²) in [7, 11) is 0. The maximum atomic E-state index is 12.7. The first-order valence-corrected chi connectivity index (χ1v) is 19.0. The lowest BCUT2D eigenvalue weighted by molar-refractivity contribution is -0.131. The Bertz CT molecular complexity index is 1120. The number of carbonyl (C=O) groups excluding carboxylic acids is 3. The zero-order valence-corrected chi connectivity index (χ0v) is 29.7. The third-order valence-electron chi connectivity index (χ3n) is 13.7. The summed E-state index contributed by atoms with van der Waals surface area (Å²) in [6, 6.07) is 0. The van der Waals surface area contributed by atoms with Crippen molar-refractivity contribution in [2.75, 3.05) is 26.2 Å². The fourth-order valence-electron chi connectivity index (χ4n) is 11.0. The van der Waals surface area contributed by atoms with E-state index in [0.717, 1.165) is 74.0 Å². The number of rotatable bonds is 13. The van der Waals surface area contributed by atoms with Gasteiger partial charge in [-0.1, -0.05) is 72.0 Å². The van der Waals surface area contributed by atoms with E-state index in [-0.39, 0.29) is 42.5 Å². The molecule has 2 amide bonds. The fourth-order valence-corrected chi connectivity index (χ4v) is 11.0. The van der Waals surface area contributed by atoms with Gasteiger partial charge in [-0.3, -0.25) is 9.59 Å². The molecule has 0 radical (unpaired) electrons. The molecule has 0 aromatic carbocycles. The molecule has 7 nitrogen and oxygen atoms in total. The topological polar surface area (TPSA) is 95.9 Å². The highest BCUT2D eigenvalue weighted by Crippen LogP contribution is 2.67. The second-order valence-electron chi connectivity index (χ2n) is 16.9. The number of nitrogens with one attached hydrogen (secondary N) is 1. The number of allylic oxidation sites excluding steroid dienone is 1. The first-order chi connectivity index (χ1) is 22.0. The van der Waals surface area contributed by atoms with Crippen LogP contribution in [0.25, 0.3) is 0 Å². The molecule has 7 heteroatoms. The minimum Gasteiger partial charge on any atom is -0.446 e. The van der Waals surface area contributed by atoms with Gasteiger partial charge in [0, 0.05) is 25.9 Å². The molecule has 0 spiro atoms. The van der Waals surface area contributed by atoms with E-state index in [0.29, 0.717) is 24.9 Å². The van der Waals surface area contributed by atoms with Gasteiger partial charge < -0.3 is 20.1 Å². The number of hydrogen-bond acceptors (Lipinski definition) is 5. The molecule has 5 aliphatic rings. The van der Waals surface area contributed by atoms with Gasteiger partial charge in [0.05, 0.1) is 19.1 Å². The molecule has 1 heterocycles. The van der Waals surface area contributed by atoms with Crippen LogP contribution in [0.3, 0.4) is 0 Å². The van der Waals surface area contributed by atoms with Gasteiger partial charge in [-0.25, -0.2) is 4.79 Å². The molecule has 0 aromatic heterocycles. The number of carbonyl (C=O) groups is 3. The van der Waals surface area contributed by atoms with Crippen molar-refractivity contribution < 1.29 is 24.2 Å². The number of likely N-dealkylation sites (tertiary alicyclic amines) is 1. The number of amides is 2. The summed E-state index contributed by atoms with van der Waals surface area (Å²) in [6.45, 7) is 13.3. The third-order valence-corrected chi connectivity index (χ3v) is 13.7. The van der Waals surface area contributed by atoms with Crippen molar-refractivity contribution in [2.24, 2.45) is 52.3 Å². The molecule has 0 aromatic rings. The van der Waals surface area contributed by atoms with Crippen LogP contribution in [0.5, 0.6) is 0 Å². The third kappa shape index (κ3) is 7.55. The van der Waals surface area contributed by atoms with E-state index in [2.05, 4.69) is 46.0 Å². The number of alkyl carbamates (subject to hydrolysis) is 1. The van der Waals surface area contributed by atoms with E-state index in [4.69, 9.17) is 4.74 Å². The fraction of sp³-hybridized carbons (Fsp3) is 0.872. The van der Waals surface area contributed by atoms with E-state index in [1.54, 1.807) is 10.5 Å². The van der Waals surface area contributed by atoms with Gasteiger partial charge in [0.25, 0.3) is 0 Å². The molecular formula is C39H64N2O5. The Morgan fingerprint density at radius 2 is 1.83 bits per heavy atom. The minimum atomic E-state index is -0.426. The molecule has 46 heavy (non-hydrogen) atoms. The summed E-state index contributed by atoms with van der Waals surface area (Å²) in [5.74, 6) is 4.47. The zero-order valence-electron chi connectivity index (χ0n) is 29.7. The number of Topliss-reactive ketones (excluding diaryl/α,β-unsaturated/α-hetero) is 1. The number of fused-ring (bicyclic) bond motifs is 5. The normalized spacial score (nSPS) is 36.1. The van der Waals surface area contributed by atoms with Gasteiger partial charge in [-0.15, -0.1) is 0 Å². The summed E-state index contributed by atoms with van der Waals surface area (Å²) >= 11 is 0. The van der Waals surface area contributed by atoms with E-state index >= 15 is 0 Å².